The van der Waals surface area contributed by atoms with Gasteiger partial charge in [-0.15, -0.1) is 0 Å². The van der Waals surface area contributed by atoms with Crippen molar-refractivity contribution in [1.29, 1.82) is 0 Å². The van der Waals surface area contributed by atoms with E-state index in [2.05, 4.69) is 0 Å². The largest absolute Gasteiger partial charge is 0.218 e. The van der Waals surface area contributed by atoms with E-state index in [0.29, 0.717) is 25.9 Å². The molecule has 0 spiro atoms. The third-order valence-electron chi connectivity index (χ3n) is 4.26. The summed E-state index contributed by atoms with van der Waals surface area (Å²) in [5.74, 6) is 0.146. The fourth-order valence-corrected chi connectivity index (χ4v) is 6.48. The van der Waals surface area contributed by atoms with E-state index in [1.165, 1.54) is 8.61 Å². The molecule has 122 valence electrons. The van der Waals surface area contributed by atoms with Crippen LogP contribution in [0.1, 0.15) is 18.4 Å². The molecule has 22 heavy (non-hydrogen) atoms. The third kappa shape index (κ3) is 3.19. The number of benzene rings is 1. The van der Waals surface area contributed by atoms with E-state index in [0.717, 1.165) is 5.56 Å². The van der Waals surface area contributed by atoms with Gasteiger partial charge in [-0.05, 0) is 18.4 Å². The molecule has 8 heteroatoms. The molecule has 0 saturated carbocycles. The van der Waals surface area contributed by atoms with E-state index in [1.807, 2.05) is 18.2 Å². The fraction of sp³-hybridized carbons (Fsp3) is 0.571. The van der Waals surface area contributed by atoms with Gasteiger partial charge in [0, 0.05) is 25.7 Å². The van der Waals surface area contributed by atoms with Gasteiger partial charge in [0.05, 0.1) is 11.5 Å². The van der Waals surface area contributed by atoms with E-state index in [4.69, 9.17) is 0 Å². The van der Waals surface area contributed by atoms with Crippen molar-refractivity contribution in [3.63, 3.8) is 0 Å². The average Bonchev–Trinajstić information content (AvgIpc) is 3.05. The van der Waals surface area contributed by atoms with Crippen LogP contribution in [0.25, 0.3) is 0 Å². The van der Waals surface area contributed by atoms with Crippen molar-refractivity contribution in [3.05, 3.63) is 35.9 Å². The Morgan fingerprint density at radius 2 is 1.86 bits per heavy atom. The highest BCUT2D eigenvalue weighted by molar-refractivity contribution is 7.89. The van der Waals surface area contributed by atoms with Crippen molar-refractivity contribution in [2.45, 2.75) is 24.6 Å². The molecule has 1 aromatic carbocycles. The van der Waals surface area contributed by atoms with Gasteiger partial charge in [-0.3, -0.25) is 0 Å². The fourth-order valence-electron chi connectivity index (χ4n) is 3.14. The summed E-state index contributed by atoms with van der Waals surface area (Å²) in [5.41, 5.74) is 0.750. The summed E-state index contributed by atoms with van der Waals surface area (Å²) < 4.78 is 51.8. The zero-order valence-electron chi connectivity index (χ0n) is 12.3. The molecule has 0 amide bonds. The van der Waals surface area contributed by atoms with Crippen LogP contribution in [0.2, 0.25) is 0 Å². The lowest BCUT2D eigenvalue weighted by atomic mass is 10.2. The zero-order valence-corrected chi connectivity index (χ0v) is 13.9. The second-order valence-electron chi connectivity index (χ2n) is 5.82. The van der Waals surface area contributed by atoms with Crippen LogP contribution in [0.5, 0.6) is 0 Å². The summed E-state index contributed by atoms with van der Waals surface area (Å²) in [4.78, 5) is 0. The van der Waals surface area contributed by atoms with E-state index in [1.54, 1.807) is 12.1 Å². The van der Waals surface area contributed by atoms with Crippen molar-refractivity contribution in [2.75, 3.05) is 25.4 Å². The summed E-state index contributed by atoms with van der Waals surface area (Å²) in [6, 6.07) is 8.84. The number of rotatable bonds is 4. The van der Waals surface area contributed by atoms with Crippen molar-refractivity contribution < 1.29 is 16.8 Å². The molecule has 0 aromatic heterocycles. The van der Waals surface area contributed by atoms with Crippen molar-refractivity contribution in [2.24, 2.45) is 0 Å². The van der Waals surface area contributed by atoms with E-state index < -0.39 is 20.0 Å². The Kier molecular flexibility index (Phi) is 4.28. The molecular formula is C14H20N2O4S2. The first-order valence-electron chi connectivity index (χ1n) is 7.40. The average molecular weight is 344 g/mol. The summed E-state index contributed by atoms with van der Waals surface area (Å²) in [6.45, 7) is 1.18. The molecule has 2 saturated heterocycles. The maximum Gasteiger partial charge on any atom is 0.218 e. The highest BCUT2D eigenvalue weighted by atomic mass is 32.2. The Hall–Kier alpha value is -0.960. The van der Waals surface area contributed by atoms with Gasteiger partial charge in [0.2, 0.25) is 20.0 Å². The van der Waals surface area contributed by atoms with Gasteiger partial charge < -0.3 is 0 Å². The SMILES string of the molecule is O=S(=O)(Cc1ccccc1)N1CC[C@H](N2CCCS2(=O)=O)C1. The third-order valence-corrected chi connectivity index (χ3v) is 8.07. The van der Waals surface area contributed by atoms with Crippen LogP contribution in [0.4, 0.5) is 0 Å². The van der Waals surface area contributed by atoms with Gasteiger partial charge in [-0.25, -0.2) is 16.8 Å². The minimum absolute atomic E-state index is 0.0344. The molecule has 6 nitrogen and oxygen atoms in total. The van der Waals surface area contributed by atoms with E-state index >= 15 is 0 Å². The first kappa shape index (κ1) is 15.9. The van der Waals surface area contributed by atoms with Gasteiger partial charge in [0.25, 0.3) is 0 Å². The molecule has 0 radical (unpaired) electrons. The summed E-state index contributed by atoms with van der Waals surface area (Å²) in [7, 11) is -6.59. The molecule has 0 unspecified atom stereocenters. The molecule has 1 atom stereocenters. The minimum atomic E-state index is -3.40. The number of hydrogen-bond donors (Lipinski definition) is 0. The van der Waals surface area contributed by atoms with Gasteiger partial charge in [0.15, 0.2) is 0 Å². The van der Waals surface area contributed by atoms with Crippen LogP contribution in [0.15, 0.2) is 30.3 Å². The summed E-state index contributed by atoms with van der Waals surface area (Å²) in [5, 5.41) is 0. The Morgan fingerprint density at radius 3 is 2.50 bits per heavy atom. The zero-order chi connectivity index (χ0) is 15.8. The molecule has 2 heterocycles. The highest BCUT2D eigenvalue weighted by Gasteiger charge is 2.40. The maximum atomic E-state index is 12.5. The van der Waals surface area contributed by atoms with E-state index in [9.17, 15) is 16.8 Å². The quantitative estimate of drug-likeness (QED) is 0.803. The lowest BCUT2D eigenvalue weighted by Crippen LogP contribution is -2.40. The predicted octanol–water partition coefficient (Wildman–Crippen LogP) is 0.626. The van der Waals surface area contributed by atoms with Crippen molar-refractivity contribution in [1.82, 2.24) is 8.61 Å². The Balaban J connectivity index is 1.69. The molecule has 3 rings (SSSR count). The lowest BCUT2D eigenvalue weighted by molar-refractivity contribution is 0.345. The van der Waals surface area contributed by atoms with Crippen LogP contribution in [-0.2, 0) is 25.8 Å². The van der Waals surface area contributed by atoms with Gasteiger partial charge >= 0.3 is 0 Å². The molecule has 2 fully saturated rings. The Bertz CT molecular complexity index is 731. The Labute approximate surface area is 131 Å². The molecule has 0 aliphatic carbocycles. The molecule has 0 bridgehead atoms. The van der Waals surface area contributed by atoms with Crippen molar-refractivity contribution in [3.8, 4) is 0 Å². The standard InChI is InChI=1S/C14H20N2O4S2/c17-21(18)10-4-8-16(21)14-7-9-15(11-14)22(19,20)12-13-5-2-1-3-6-13/h1-3,5-6,14H,4,7-12H2/t14-/m0/s1. The highest BCUT2D eigenvalue weighted by Crippen LogP contribution is 2.26. The Morgan fingerprint density at radius 1 is 1.14 bits per heavy atom. The van der Waals surface area contributed by atoms with Crippen LogP contribution in [0.3, 0.4) is 0 Å². The van der Waals surface area contributed by atoms with Crippen LogP contribution in [0, 0.1) is 0 Å². The van der Waals surface area contributed by atoms with Crippen molar-refractivity contribution >= 4 is 20.0 Å². The normalized spacial score (nSPS) is 26.5. The molecule has 1 aromatic rings. The van der Waals surface area contributed by atoms with Gasteiger partial charge in [-0.2, -0.15) is 8.61 Å². The van der Waals surface area contributed by atoms with E-state index in [-0.39, 0.29) is 24.1 Å². The summed E-state index contributed by atoms with van der Waals surface area (Å²) >= 11 is 0. The molecule has 0 N–H and O–H groups in total. The second-order valence-corrected chi connectivity index (χ2v) is 9.83. The summed E-state index contributed by atoms with van der Waals surface area (Å²) in [6.07, 6.45) is 1.21. The number of sulfonamides is 2. The molecular weight excluding hydrogens is 324 g/mol. The smallest absolute Gasteiger partial charge is 0.212 e. The predicted molar refractivity (Wildman–Crippen MR) is 84.2 cm³/mol. The molecule has 2 aliphatic rings. The van der Waals surface area contributed by atoms with Crippen LogP contribution >= 0.6 is 0 Å². The van der Waals surface area contributed by atoms with Crippen LogP contribution in [-0.4, -0.2) is 56.9 Å². The molecule has 2 aliphatic heterocycles. The maximum absolute atomic E-state index is 12.5. The minimum Gasteiger partial charge on any atom is -0.212 e. The topological polar surface area (TPSA) is 74.8 Å². The lowest BCUT2D eigenvalue weighted by Gasteiger charge is -2.22. The van der Waals surface area contributed by atoms with Gasteiger partial charge in [-0.1, -0.05) is 30.3 Å². The monoisotopic (exact) mass is 344 g/mol. The van der Waals surface area contributed by atoms with Crippen LogP contribution < -0.4 is 0 Å². The number of hydrogen-bond acceptors (Lipinski definition) is 4. The first-order chi connectivity index (χ1) is 10.4. The number of nitrogens with zero attached hydrogens (tertiary/aromatic N) is 2. The van der Waals surface area contributed by atoms with Gasteiger partial charge in [0.1, 0.15) is 0 Å². The first-order valence-corrected chi connectivity index (χ1v) is 10.6. The second kappa shape index (κ2) is 5.92.